The summed E-state index contributed by atoms with van der Waals surface area (Å²) in [5, 5.41) is 4.40. The largest absolute Gasteiger partial charge is 0.296 e. The Morgan fingerprint density at radius 2 is 2.21 bits per heavy atom. The van der Waals surface area contributed by atoms with Gasteiger partial charge in [0, 0.05) is 11.6 Å². The number of rotatable bonds is 7. The predicted octanol–water partition coefficient (Wildman–Crippen LogP) is 2.78. The van der Waals surface area contributed by atoms with Crippen molar-refractivity contribution in [1.82, 2.24) is 10.3 Å². The minimum atomic E-state index is 0.182. The highest BCUT2D eigenvalue weighted by Crippen LogP contribution is 2.30. The fourth-order valence-corrected chi connectivity index (χ4v) is 3.94. The lowest BCUT2D eigenvalue weighted by atomic mass is 9.84. The number of likely N-dealkylation sites (tertiary alicyclic amines) is 1. The summed E-state index contributed by atoms with van der Waals surface area (Å²) in [5.41, 5.74) is 4.71. The third-order valence-electron chi connectivity index (χ3n) is 4.80. The maximum absolute atomic E-state index is 5.87. The number of nitrogens with zero attached hydrogens (tertiary/aromatic N) is 1. The summed E-state index contributed by atoms with van der Waals surface area (Å²) in [4.78, 5) is 2.63. The highest BCUT2D eigenvalue weighted by molar-refractivity contribution is 7.07. The Balaban J connectivity index is 2.00. The molecule has 4 heteroatoms. The first-order chi connectivity index (χ1) is 9.20. The highest BCUT2D eigenvalue weighted by Gasteiger charge is 2.38. The number of hydrogen-bond donors (Lipinski definition) is 2. The molecule has 0 bridgehead atoms. The molecule has 0 radical (unpaired) electrons. The summed E-state index contributed by atoms with van der Waals surface area (Å²) in [7, 11) is 0. The Bertz CT molecular complexity index is 359. The third kappa shape index (κ3) is 3.37. The maximum atomic E-state index is 5.87. The van der Waals surface area contributed by atoms with E-state index in [0.29, 0.717) is 6.04 Å². The molecule has 0 aromatic carbocycles. The molecule has 1 aromatic rings. The van der Waals surface area contributed by atoms with E-state index in [1.54, 1.807) is 11.3 Å². The molecule has 2 rings (SSSR count). The quantitative estimate of drug-likeness (QED) is 0.596. The van der Waals surface area contributed by atoms with Gasteiger partial charge in [0.05, 0.1) is 0 Å². The van der Waals surface area contributed by atoms with Gasteiger partial charge in [-0.05, 0) is 74.5 Å². The van der Waals surface area contributed by atoms with Crippen LogP contribution in [-0.4, -0.2) is 29.6 Å². The van der Waals surface area contributed by atoms with Gasteiger partial charge < -0.3 is 0 Å². The highest BCUT2D eigenvalue weighted by atomic mass is 32.1. The number of thiophene rings is 1. The summed E-state index contributed by atoms with van der Waals surface area (Å²) in [6.45, 7) is 7.10. The van der Waals surface area contributed by atoms with Gasteiger partial charge in [0.2, 0.25) is 0 Å². The van der Waals surface area contributed by atoms with Gasteiger partial charge in [-0.15, -0.1) is 0 Å². The summed E-state index contributed by atoms with van der Waals surface area (Å²) in [6, 6.07) is 2.58. The van der Waals surface area contributed by atoms with E-state index in [0.717, 1.165) is 19.3 Å². The molecule has 1 aliphatic heterocycles. The smallest absolute Gasteiger partial charge is 0.0395 e. The fraction of sp³-hybridized carbons (Fsp3) is 0.733. The SMILES string of the molecule is CCC(C)(C(CCc1ccsc1)NN)N1CCCC1. The van der Waals surface area contributed by atoms with E-state index in [-0.39, 0.29) is 5.54 Å². The lowest BCUT2D eigenvalue weighted by Gasteiger charge is -2.44. The molecule has 108 valence electrons. The molecule has 0 amide bonds. The minimum absolute atomic E-state index is 0.182. The molecule has 3 N–H and O–H groups in total. The molecule has 2 heterocycles. The molecule has 1 fully saturated rings. The van der Waals surface area contributed by atoms with Crippen molar-refractivity contribution in [2.45, 2.75) is 57.5 Å². The van der Waals surface area contributed by atoms with Crippen LogP contribution in [0.1, 0.15) is 45.1 Å². The topological polar surface area (TPSA) is 41.3 Å². The number of hydrogen-bond acceptors (Lipinski definition) is 4. The van der Waals surface area contributed by atoms with E-state index in [1.807, 2.05) is 0 Å². The Kier molecular flexibility index (Phi) is 5.39. The number of aryl methyl sites for hydroxylation is 1. The van der Waals surface area contributed by atoms with E-state index in [4.69, 9.17) is 5.84 Å². The standard InChI is InChI=1S/C15H27N3S/c1-3-15(2,18-9-4-5-10-18)14(17-16)7-6-13-8-11-19-12-13/h8,11-12,14,17H,3-7,9-10,16H2,1-2H3. The Morgan fingerprint density at radius 3 is 2.74 bits per heavy atom. The van der Waals surface area contributed by atoms with Crippen LogP contribution < -0.4 is 11.3 Å². The summed E-state index contributed by atoms with van der Waals surface area (Å²) >= 11 is 1.78. The molecule has 0 aliphatic carbocycles. The summed E-state index contributed by atoms with van der Waals surface area (Å²) in [6.07, 6.45) is 6.02. The van der Waals surface area contributed by atoms with E-state index >= 15 is 0 Å². The van der Waals surface area contributed by atoms with Crippen molar-refractivity contribution in [2.75, 3.05) is 13.1 Å². The van der Waals surface area contributed by atoms with Crippen LogP contribution in [0.5, 0.6) is 0 Å². The summed E-state index contributed by atoms with van der Waals surface area (Å²) < 4.78 is 0. The zero-order valence-electron chi connectivity index (χ0n) is 12.2. The van der Waals surface area contributed by atoms with E-state index in [9.17, 15) is 0 Å². The number of nitrogens with one attached hydrogen (secondary N) is 1. The van der Waals surface area contributed by atoms with Gasteiger partial charge in [0.15, 0.2) is 0 Å². The predicted molar refractivity (Wildman–Crippen MR) is 83.3 cm³/mol. The van der Waals surface area contributed by atoms with Gasteiger partial charge in [0.1, 0.15) is 0 Å². The molecule has 1 saturated heterocycles. The molecule has 1 aliphatic rings. The first-order valence-corrected chi connectivity index (χ1v) is 8.37. The number of hydrazine groups is 1. The lowest BCUT2D eigenvalue weighted by Crippen LogP contribution is -2.60. The van der Waals surface area contributed by atoms with E-state index in [2.05, 4.69) is 41.0 Å². The van der Waals surface area contributed by atoms with Crippen LogP contribution in [0.4, 0.5) is 0 Å². The first kappa shape index (κ1) is 15.0. The average molecular weight is 281 g/mol. The van der Waals surface area contributed by atoms with Crippen LogP contribution in [0.15, 0.2) is 16.8 Å². The van der Waals surface area contributed by atoms with Crippen LogP contribution in [0.3, 0.4) is 0 Å². The third-order valence-corrected chi connectivity index (χ3v) is 5.53. The second kappa shape index (κ2) is 6.84. The Morgan fingerprint density at radius 1 is 1.47 bits per heavy atom. The van der Waals surface area contributed by atoms with Crippen molar-refractivity contribution in [3.63, 3.8) is 0 Å². The first-order valence-electron chi connectivity index (χ1n) is 7.43. The van der Waals surface area contributed by atoms with Crippen LogP contribution >= 0.6 is 11.3 Å². The van der Waals surface area contributed by atoms with Gasteiger partial charge in [-0.25, -0.2) is 0 Å². The molecule has 0 saturated carbocycles. The van der Waals surface area contributed by atoms with Crippen molar-refractivity contribution in [1.29, 1.82) is 0 Å². The molecule has 1 aromatic heterocycles. The van der Waals surface area contributed by atoms with Crippen molar-refractivity contribution in [3.05, 3.63) is 22.4 Å². The molecule has 0 spiro atoms. The van der Waals surface area contributed by atoms with E-state index in [1.165, 1.54) is 31.5 Å². The molecule has 19 heavy (non-hydrogen) atoms. The van der Waals surface area contributed by atoms with Gasteiger partial charge in [-0.2, -0.15) is 11.3 Å². The van der Waals surface area contributed by atoms with E-state index < -0.39 is 0 Å². The van der Waals surface area contributed by atoms with Crippen molar-refractivity contribution < 1.29 is 0 Å². The van der Waals surface area contributed by atoms with Crippen LogP contribution in [0.25, 0.3) is 0 Å². The maximum Gasteiger partial charge on any atom is 0.0395 e. The Hall–Kier alpha value is -0.420. The second-order valence-electron chi connectivity index (χ2n) is 5.79. The normalized spacial score (nSPS) is 21.4. The monoisotopic (exact) mass is 281 g/mol. The van der Waals surface area contributed by atoms with Crippen molar-refractivity contribution in [2.24, 2.45) is 5.84 Å². The summed E-state index contributed by atoms with van der Waals surface area (Å²) in [5.74, 6) is 5.87. The van der Waals surface area contributed by atoms with Gasteiger partial charge in [0.25, 0.3) is 0 Å². The Labute approximate surface area is 121 Å². The van der Waals surface area contributed by atoms with Gasteiger partial charge in [-0.3, -0.25) is 16.2 Å². The zero-order chi connectivity index (χ0) is 13.7. The molecule has 2 unspecified atom stereocenters. The molecule has 3 nitrogen and oxygen atoms in total. The molecule has 2 atom stereocenters. The minimum Gasteiger partial charge on any atom is -0.296 e. The second-order valence-corrected chi connectivity index (χ2v) is 6.57. The van der Waals surface area contributed by atoms with Crippen molar-refractivity contribution >= 4 is 11.3 Å². The van der Waals surface area contributed by atoms with Gasteiger partial charge >= 0.3 is 0 Å². The van der Waals surface area contributed by atoms with Gasteiger partial charge in [-0.1, -0.05) is 6.92 Å². The fourth-order valence-electron chi connectivity index (χ4n) is 3.24. The van der Waals surface area contributed by atoms with Crippen molar-refractivity contribution in [3.8, 4) is 0 Å². The lowest BCUT2D eigenvalue weighted by molar-refractivity contribution is 0.0805. The van der Waals surface area contributed by atoms with Crippen LogP contribution in [0, 0.1) is 0 Å². The molecular weight excluding hydrogens is 254 g/mol. The average Bonchev–Trinajstić information content (AvgIpc) is 3.12. The molecular formula is C15H27N3S. The van der Waals surface area contributed by atoms with Crippen LogP contribution in [-0.2, 0) is 6.42 Å². The number of nitrogens with two attached hydrogens (primary N) is 1. The van der Waals surface area contributed by atoms with Crippen LogP contribution in [0.2, 0.25) is 0 Å². The zero-order valence-corrected chi connectivity index (χ0v) is 13.0.